The fourth-order valence-corrected chi connectivity index (χ4v) is 4.75. The SMILES string of the molecule is CCCCCCCCCCCCCCCCCCCC(=O)OC[C@H](COP(=O)(O)OCCN)OC(C)=O. The van der Waals surface area contributed by atoms with Gasteiger partial charge >= 0.3 is 19.8 Å². The fraction of sp³-hybridized carbons (Fsp3) is 0.926. The van der Waals surface area contributed by atoms with Crippen LogP contribution in [0.2, 0.25) is 0 Å². The maximum Gasteiger partial charge on any atom is 0.472 e. The van der Waals surface area contributed by atoms with Crippen LogP contribution >= 0.6 is 7.82 Å². The van der Waals surface area contributed by atoms with E-state index in [0.717, 1.165) is 19.3 Å². The molecule has 2 atom stereocenters. The molecule has 0 aliphatic carbocycles. The Morgan fingerprint density at radius 2 is 1.22 bits per heavy atom. The monoisotopic (exact) mass is 551 g/mol. The molecule has 3 N–H and O–H groups in total. The Kier molecular flexibility index (Phi) is 24.6. The van der Waals surface area contributed by atoms with Gasteiger partial charge in [0.05, 0.1) is 13.2 Å². The second-order valence-corrected chi connectivity index (χ2v) is 11.2. The van der Waals surface area contributed by atoms with Gasteiger partial charge in [0.2, 0.25) is 0 Å². The van der Waals surface area contributed by atoms with E-state index >= 15 is 0 Å². The number of nitrogens with two attached hydrogens (primary N) is 1. The summed E-state index contributed by atoms with van der Waals surface area (Å²) in [5, 5.41) is 0. The number of phosphoric ester groups is 1. The average molecular weight is 552 g/mol. The first-order valence-corrected chi connectivity index (χ1v) is 15.9. The minimum absolute atomic E-state index is 0.0539. The standard InChI is InChI=1S/C27H54NO8P/c1-3-4-5-6-7-8-9-10-11-12-13-14-15-16-17-18-19-20-27(30)33-23-26(36-25(2)29)24-35-37(31,32)34-22-21-28/h26H,3-24,28H2,1-2H3,(H,31,32)/t26-/m1/s1. The van der Waals surface area contributed by atoms with E-state index in [0.29, 0.717) is 0 Å². The first-order valence-electron chi connectivity index (χ1n) is 14.5. The summed E-state index contributed by atoms with van der Waals surface area (Å²) in [6.45, 7) is 2.66. The molecule has 0 bridgehead atoms. The summed E-state index contributed by atoms with van der Waals surface area (Å²) in [4.78, 5) is 32.8. The number of phosphoric acid groups is 1. The predicted octanol–water partition coefficient (Wildman–Crippen LogP) is 6.60. The van der Waals surface area contributed by atoms with Crippen LogP contribution in [-0.2, 0) is 32.7 Å². The normalized spacial score (nSPS) is 13.7. The van der Waals surface area contributed by atoms with Crippen LogP contribution in [0.3, 0.4) is 0 Å². The maximum atomic E-state index is 12.0. The van der Waals surface area contributed by atoms with Crippen LogP contribution in [0.25, 0.3) is 0 Å². The van der Waals surface area contributed by atoms with Gasteiger partial charge in [-0.2, -0.15) is 0 Å². The van der Waals surface area contributed by atoms with Crippen LogP contribution in [0.1, 0.15) is 129 Å². The highest BCUT2D eigenvalue weighted by Crippen LogP contribution is 2.43. The largest absolute Gasteiger partial charge is 0.472 e. The lowest BCUT2D eigenvalue weighted by molar-refractivity contribution is -0.159. The Morgan fingerprint density at radius 3 is 1.65 bits per heavy atom. The first-order chi connectivity index (χ1) is 17.8. The molecule has 0 rings (SSSR count). The molecule has 0 aliphatic heterocycles. The molecule has 10 heteroatoms. The topological polar surface area (TPSA) is 134 Å². The quantitative estimate of drug-likeness (QED) is 0.0658. The van der Waals surface area contributed by atoms with Gasteiger partial charge in [-0.1, -0.05) is 110 Å². The molecule has 0 aromatic heterocycles. The van der Waals surface area contributed by atoms with Gasteiger partial charge < -0.3 is 20.1 Å². The molecule has 0 radical (unpaired) electrons. The number of ether oxygens (including phenoxy) is 2. The summed E-state index contributed by atoms with van der Waals surface area (Å²) in [7, 11) is -4.31. The number of esters is 2. The van der Waals surface area contributed by atoms with Crippen LogP contribution in [0.5, 0.6) is 0 Å². The van der Waals surface area contributed by atoms with E-state index < -0.39 is 32.5 Å². The van der Waals surface area contributed by atoms with Crippen molar-refractivity contribution in [2.24, 2.45) is 5.73 Å². The van der Waals surface area contributed by atoms with Gasteiger partial charge in [0.25, 0.3) is 0 Å². The minimum Gasteiger partial charge on any atom is -0.462 e. The van der Waals surface area contributed by atoms with Gasteiger partial charge in [0.15, 0.2) is 6.10 Å². The molecule has 0 aromatic rings. The Bertz CT molecular complexity index is 605. The minimum atomic E-state index is -4.31. The second kappa shape index (κ2) is 25.3. The Labute approximate surface area is 225 Å². The van der Waals surface area contributed by atoms with E-state index in [1.54, 1.807) is 0 Å². The molecule has 1 unspecified atom stereocenters. The Hall–Kier alpha value is -0.990. The molecule has 0 aromatic carbocycles. The number of carbonyl (C=O) groups excluding carboxylic acids is 2. The third kappa shape index (κ3) is 26.4. The van der Waals surface area contributed by atoms with Crippen molar-refractivity contribution in [3.8, 4) is 0 Å². The van der Waals surface area contributed by atoms with Crippen LogP contribution < -0.4 is 5.73 Å². The fourth-order valence-electron chi connectivity index (χ4n) is 3.99. The third-order valence-electron chi connectivity index (χ3n) is 6.04. The molecule has 0 aliphatic rings. The van der Waals surface area contributed by atoms with Crippen molar-refractivity contribution in [3.05, 3.63) is 0 Å². The van der Waals surface area contributed by atoms with E-state index in [4.69, 9.17) is 19.7 Å². The number of unbranched alkanes of at least 4 members (excludes halogenated alkanes) is 16. The lowest BCUT2D eigenvalue weighted by atomic mass is 10.0. The molecule has 0 amide bonds. The first kappa shape index (κ1) is 36.0. The zero-order valence-electron chi connectivity index (χ0n) is 23.5. The highest BCUT2D eigenvalue weighted by atomic mass is 31.2. The molecule has 0 heterocycles. The molecule has 37 heavy (non-hydrogen) atoms. The Morgan fingerprint density at radius 1 is 0.757 bits per heavy atom. The van der Waals surface area contributed by atoms with Gasteiger partial charge in [0.1, 0.15) is 6.61 Å². The smallest absolute Gasteiger partial charge is 0.462 e. The molecule has 0 saturated heterocycles. The summed E-state index contributed by atoms with van der Waals surface area (Å²) in [5.41, 5.74) is 5.22. The molecule has 0 spiro atoms. The number of rotatable bonds is 27. The zero-order chi connectivity index (χ0) is 27.6. The summed E-state index contributed by atoms with van der Waals surface area (Å²) in [6.07, 6.45) is 20.9. The molecular weight excluding hydrogens is 497 g/mol. The van der Waals surface area contributed by atoms with Crippen LogP contribution in [0.4, 0.5) is 0 Å². The lowest BCUT2D eigenvalue weighted by Gasteiger charge is -2.19. The average Bonchev–Trinajstić information content (AvgIpc) is 2.86. The second-order valence-electron chi connectivity index (χ2n) is 9.71. The Balaban J connectivity index is 3.68. The molecular formula is C27H54NO8P. The third-order valence-corrected chi connectivity index (χ3v) is 7.03. The van der Waals surface area contributed by atoms with E-state index in [1.807, 2.05) is 0 Å². The molecule has 0 fully saturated rings. The predicted molar refractivity (Wildman–Crippen MR) is 146 cm³/mol. The van der Waals surface area contributed by atoms with Crippen molar-refractivity contribution in [2.75, 3.05) is 26.4 Å². The van der Waals surface area contributed by atoms with Crippen molar-refractivity contribution < 1.29 is 37.6 Å². The summed E-state index contributed by atoms with van der Waals surface area (Å²) in [6, 6.07) is 0. The van der Waals surface area contributed by atoms with Gasteiger partial charge in [0, 0.05) is 19.9 Å². The van der Waals surface area contributed by atoms with E-state index in [2.05, 4.69) is 11.4 Å². The van der Waals surface area contributed by atoms with E-state index in [9.17, 15) is 19.0 Å². The van der Waals surface area contributed by atoms with E-state index in [-0.39, 0.29) is 26.2 Å². The molecule has 220 valence electrons. The van der Waals surface area contributed by atoms with Crippen LogP contribution in [0, 0.1) is 0 Å². The lowest BCUT2D eigenvalue weighted by Crippen LogP contribution is -2.28. The van der Waals surface area contributed by atoms with Crippen LogP contribution in [-0.4, -0.2) is 49.3 Å². The van der Waals surface area contributed by atoms with Crippen molar-refractivity contribution in [1.29, 1.82) is 0 Å². The molecule has 9 nitrogen and oxygen atoms in total. The summed E-state index contributed by atoms with van der Waals surface area (Å²) < 4.78 is 31.2. The summed E-state index contributed by atoms with van der Waals surface area (Å²) in [5.74, 6) is -1.02. The van der Waals surface area contributed by atoms with Crippen LogP contribution in [0.15, 0.2) is 0 Å². The van der Waals surface area contributed by atoms with Crippen molar-refractivity contribution in [2.45, 2.75) is 136 Å². The van der Waals surface area contributed by atoms with Crippen molar-refractivity contribution >= 4 is 19.8 Å². The van der Waals surface area contributed by atoms with Gasteiger partial charge in [-0.25, -0.2) is 4.57 Å². The van der Waals surface area contributed by atoms with Gasteiger partial charge in [-0.05, 0) is 6.42 Å². The van der Waals surface area contributed by atoms with Crippen molar-refractivity contribution in [3.63, 3.8) is 0 Å². The molecule has 0 saturated carbocycles. The number of hydrogen-bond acceptors (Lipinski definition) is 8. The zero-order valence-corrected chi connectivity index (χ0v) is 24.4. The van der Waals surface area contributed by atoms with E-state index in [1.165, 1.54) is 96.8 Å². The van der Waals surface area contributed by atoms with Gasteiger partial charge in [-0.3, -0.25) is 18.6 Å². The van der Waals surface area contributed by atoms with Gasteiger partial charge in [-0.15, -0.1) is 0 Å². The highest BCUT2D eigenvalue weighted by molar-refractivity contribution is 7.47. The number of hydrogen-bond donors (Lipinski definition) is 2. The van der Waals surface area contributed by atoms with Crippen molar-refractivity contribution in [1.82, 2.24) is 0 Å². The number of carbonyl (C=O) groups is 2. The summed E-state index contributed by atoms with van der Waals surface area (Å²) >= 11 is 0. The maximum absolute atomic E-state index is 12.0. The highest BCUT2D eigenvalue weighted by Gasteiger charge is 2.25.